The van der Waals surface area contributed by atoms with E-state index >= 15 is 0 Å². The van der Waals surface area contributed by atoms with Crippen LogP contribution in [0.4, 0.5) is 17.3 Å². The average molecular weight is 294 g/mol. The Labute approximate surface area is 129 Å². The van der Waals surface area contributed by atoms with Crippen molar-refractivity contribution in [3.8, 4) is 0 Å². The normalized spacial score (nSPS) is 9.45. The molecule has 1 aromatic heterocycles. The van der Waals surface area contributed by atoms with E-state index in [0.29, 0.717) is 5.95 Å². The van der Waals surface area contributed by atoms with Gasteiger partial charge in [-0.3, -0.25) is 0 Å². The molecule has 6 heteroatoms. The molecule has 22 heavy (non-hydrogen) atoms. The molecule has 3 aromatic rings. The number of nitrogens with two attached hydrogens (primary N) is 2. The summed E-state index contributed by atoms with van der Waals surface area (Å²) in [5.41, 5.74) is 13.4. The van der Waals surface area contributed by atoms with E-state index in [1.54, 1.807) is 24.3 Å². The van der Waals surface area contributed by atoms with Gasteiger partial charge in [0.15, 0.2) is 0 Å². The Morgan fingerprint density at radius 2 is 1.32 bits per heavy atom. The number of nitrogen functional groups attached to an aromatic ring is 2. The van der Waals surface area contributed by atoms with Crippen molar-refractivity contribution in [2.24, 2.45) is 0 Å². The monoisotopic (exact) mass is 294 g/mol. The number of hydrogen-bond donors (Lipinski definition) is 3. The zero-order chi connectivity index (χ0) is 15.6. The molecule has 0 unspecified atom stereocenters. The van der Waals surface area contributed by atoms with Gasteiger partial charge in [-0.05, 0) is 29.8 Å². The van der Waals surface area contributed by atoms with Gasteiger partial charge in [0.05, 0.1) is 0 Å². The van der Waals surface area contributed by atoms with Crippen LogP contribution in [0.25, 0.3) is 0 Å². The molecule has 1 heterocycles. The predicted molar refractivity (Wildman–Crippen MR) is 88.9 cm³/mol. The van der Waals surface area contributed by atoms with E-state index in [2.05, 4.69) is 20.3 Å². The topological polar surface area (TPSA) is 103 Å². The van der Waals surface area contributed by atoms with Crippen LogP contribution in [-0.4, -0.2) is 15.0 Å². The Hall–Kier alpha value is -3.15. The Morgan fingerprint density at radius 3 is 1.86 bits per heavy atom. The van der Waals surface area contributed by atoms with Crippen LogP contribution in [-0.2, 0) is 6.54 Å². The van der Waals surface area contributed by atoms with Crippen molar-refractivity contribution in [1.82, 2.24) is 15.0 Å². The summed E-state index contributed by atoms with van der Waals surface area (Å²) in [7, 11) is 0. The zero-order valence-corrected chi connectivity index (χ0v) is 12.1. The van der Waals surface area contributed by atoms with Crippen molar-refractivity contribution < 1.29 is 0 Å². The van der Waals surface area contributed by atoms with E-state index in [0.717, 1.165) is 17.9 Å². The highest BCUT2D eigenvalue weighted by Crippen LogP contribution is 2.05. The lowest BCUT2D eigenvalue weighted by Gasteiger charge is -2.02. The number of benzene rings is 2. The third-order valence-corrected chi connectivity index (χ3v) is 2.72. The Bertz CT molecular complexity index is 595. The second-order valence-corrected chi connectivity index (χ2v) is 4.47. The molecule has 0 atom stereocenters. The number of nitrogens with zero attached hydrogens (tertiary/aromatic N) is 3. The Balaban J connectivity index is 0.000000188. The quantitative estimate of drug-likeness (QED) is 0.641. The molecule has 0 amide bonds. The first-order valence-corrected chi connectivity index (χ1v) is 6.75. The fraction of sp³-hybridized carbons (Fsp3) is 0.0625. The maximum absolute atomic E-state index is 5.37. The fourth-order valence-electron chi connectivity index (χ4n) is 1.60. The SMILES string of the molecule is Nc1ccc(N)cc1.c1ccc(CNc2ncncn2)cc1. The first-order chi connectivity index (χ1) is 10.7. The van der Waals surface area contributed by atoms with Gasteiger partial charge in [0.1, 0.15) is 12.7 Å². The van der Waals surface area contributed by atoms with Gasteiger partial charge in [-0.1, -0.05) is 30.3 Å². The first kappa shape index (κ1) is 15.2. The van der Waals surface area contributed by atoms with Gasteiger partial charge in [-0.25, -0.2) is 15.0 Å². The summed E-state index contributed by atoms with van der Waals surface area (Å²) in [4.78, 5) is 11.7. The average Bonchev–Trinajstić information content (AvgIpc) is 2.58. The molecule has 0 saturated carbocycles. The van der Waals surface area contributed by atoms with Crippen LogP contribution in [0.5, 0.6) is 0 Å². The molecule has 0 bridgehead atoms. The van der Waals surface area contributed by atoms with Gasteiger partial charge in [0.25, 0.3) is 0 Å². The molecular weight excluding hydrogens is 276 g/mol. The highest BCUT2D eigenvalue weighted by Gasteiger charge is 1.93. The first-order valence-electron chi connectivity index (χ1n) is 6.75. The zero-order valence-electron chi connectivity index (χ0n) is 12.1. The van der Waals surface area contributed by atoms with Gasteiger partial charge in [0, 0.05) is 17.9 Å². The third-order valence-electron chi connectivity index (χ3n) is 2.72. The molecule has 112 valence electrons. The van der Waals surface area contributed by atoms with E-state index in [1.165, 1.54) is 18.2 Å². The van der Waals surface area contributed by atoms with Gasteiger partial charge in [-0.2, -0.15) is 0 Å². The van der Waals surface area contributed by atoms with Gasteiger partial charge < -0.3 is 16.8 Å². The second kappa shape index (κ2) is 8.21. The lowest BCUT2D eigenvalue weighted by Crippen LogP contribution is -2.02. The van der Waals surface area contributed by atoms with Gasteiger partial charge in [-0.15, -0.1) is 0 Å². The van der Waals surface area contributed by atoms with E-state index < -0.39 is 0 Å². The second-order valence-electron chi connectivity index (χ2n) is 4.47. The Morgan fingerprint density at radius 1 is 0.773 bits per heavy atom. The summed E-state index contributed by atoms with van der Waals surface area (Å²) >= 11 is 0. The standard InChI is InChI=1S/C10H10N4.C6H8N2/c1-2-4-9(5-3-1)6-12-10-13-7-11-8-14-10;7-5-1-2-6(8)4-3-5/h1-5,7-8H,6H2,(H,11,12,13,14);1-4H,7-8H2. The van der Waals surface area contributed by atoms with Crippen LogP contribution in [0.15, 0.2) is 67.3 Å². The van der Waals surface area contributed by atoms with Crippen LogP contribution in [0, 0.1) is 0 Å². The number of aromatic nitrogens is 3. The van der Waals surface area contributed by atoms with E-state index in [1.807, 2.05) is 30.3 Å². The van der Waals surface area contributed by atoms with Crippen LogP contribution in [0.2, 0.25) is 0 Å². The van der Waals surface area contributed by atoms with Crippen molar-refractivity contribution in [2.45, 2.75) is 6.54 Å². The number of rotatable bonds is 3. The summed E-state index contributed by atoms with van der Waals surface area (Å²) in [5.74, 6) is 0.601. The fourth-order valence-corrected chi connectivity index (χ4v) is 1.60. The van der Waals surface area contributed by atoms with Crippen LogP contribution < -0.4 is 16.8 Å². The molecule has 5 N–H and O–H groups in total. The van der Waals surface area contributed by atoms with Crippen molar-refractivity contribution in [3.63, 3.8) is 0 Å². The largest absolute Gasteiger partial charge is 0.399 e. The van der Waals surface area contributed by atoms with Crippen LogP contribution in [0.3, 0.4) is 0 Å². The smallest absolute Gasteiger partial charge is 0.225 e. The molecule has 0 fully saturated rings. The molecule has 6 nitrogen and oxygen atoms in total. The lowest BCUT2D eigenvalue weighted by molar-refractivity contribution is 1.00. The summed E-state index contributed by atoms with van der Waals surface area (Å²) in [6.45, 7) is 0.727. The minimum absolute atomic E-state index is 0.601. The molecule has 2 aromatic carbocycles. The van der Waals surface area contributed by atoms with Crippen molar-refractivity contribution in [1.29, 1.82) is 0 Å². The van der Waals surface area contributed by atoms with Crippen molar-refractivity contribution in [2.75, 3.05) is 16.8 Å². The Kier molecular flexibility index (Phi) is 5.69. The maximum atomic E-state index is 5.37. The van der Waals surface area contributed by atoms with Crippen molar-refractivity contribution in [3.05, 3.63) is 72.8 Å². The molecule has 0 aliphatic rings. The van der Waals surface area contributed by atoms with Gasteiger partial charge in [0.2, 0.25) is 5.95 Å². The predicted octanol–water partition coefficient (Wildman–Crippen LogP) is 2.33. The summed E-state index contributed by atoms with van der Waals surface area (Å²) in [5, 5.41) is 3.10. The minimum Gasteiger partial charge on any atom is -0.399 e. The maximum Gasteiger partial charge on any atom is 0.225 e. The number of hydrogen-bond acceptors (Lipinski definition) is 6. The number of anilines is 3. The number of nitrogens with one attached hydrogen (secondary N) is 1. The van der Waals surface area contributed by atoms with Crippen LogP contribution >= 0.6 is 0 Å². The van der Waals surface area contributed by atoms with Crippen molar-refractivity contribution >= 4 is 17.3 Å². The van der Waals surface area contributed by atoms with Gasteiger partial charge >= 0.3 is 0 Å². The molecule has 0 spiro atoms. The molecule has 0 aliphatic heterocycles. The summed E-state index contributed by atoms with van der Waals surface area (Å²) < 4.78 is 0. The van der Waals surface area contributed by atoms with E-state index in [-0.39, 0.29) is 0 Å². The molecular formula is C16H18N6. The molecule has 0 saturated heterocycles. The van der Waals surface area contributed by atoms with E-state index in [4.69, 9.17) is 11.5 Å². The van der Waals surface area contributed by atoms with E-state index in [9.17, 15) is 0 Å². The third kappa shape index (κ3) is 5.46. The molecule has 0 aliphatic carbocycles. The lowest BCUT2D eigenvalue weighted by atomic mass is 10.2. The summed E-state index contributed by atoms with van der Waals surface area (Å²) in [6.07, 6.45) is 2.95. The minimum atomic E-state index is 0.601. The highest BCUT2D eigenvalue weighted by molar-refractivity contribution is 5.47. The highest BCUT2D eigenvalue weighted by atomic mass is 15.1. The van der Waals surface area contributed by atoms with Crippen LogP contribution in [0.1, 0.15) is 5.56 Å². The summed E-state index contributed by atoms with van der Waals surface area (Å²) in [6, 6.07) is 17.2. The molecule has 3 rings (SSSR count). The molecule has 0 radical (unpaired) electrons.